The molecule has 4 rings (SSSR count). The molecule has 3 aromatic rings. The zero-order chi connectivity index (χ0) is 15.5. The van der Waals surface area contributed by atoms with Crippen LogP contribution in [0.4, 0.5) is 0 Å². The van der Waals surface area contributed by atoms with Crippen LogP contribution in [-0.2, 0) is 23.0 Å². The fraction of sp³-hybridized carbons (Fsp3) is 0.150. The number of rotatable bonds is 1. The summed E-state index contributed by atoms with van der Waals surface area (Å²) in [5, 5.41) is 5.46. The van der Waals surface area contributed by atoms with Crippen molar-refractivity contribution in [3.63, 3.8) is 0 Å². The molecule has 0 nitrogen and oxygen atoms in total. The van der Waals surface area contributed by atoms with E-state index in [9.17, 15) is 0 Å². The van der Waals surface area contributed by atoms with Crippen molar-refractivity contribution in [2.24, 2.45) is 0 Å². The van der Waals surface area contributed by atoms with Gasteiger partial charge in [0.1, 0.15) is 0 Å². The van der Waals surface area contributed by atoms with Crippen LogP contribution < -0.4 is 24.8 Å². The first-order valence-electron chi connectivity index (χ1n) is 7.60. The maximum atomic E-state index is 2.33. The zero-order valence-corrected chi connectivity index (χ0v) is 19.9. The molecule has 0 bridgehead atoms. The van der Waals surface area contributed by atoms with Crippen molar-refractivity contribution in [1.29, 1.82) is 0 Å². The van der Waals surface area contributed by atoms with Crippen LogP contribution in [0.5, 0.6) is 0 Å². The molecule has 0 fully saturated rings. The van der Waals surface area contributed by atoms with E-state index in [1.807, 2.05) is 0 Å². The molecule has 0 spiro atoms. The largest absolute Gasteiger partial charge is 1.00 e. The van der Waals surface area contributed by atoms with Crippen molar-refractivity contribution >= 4 is 27.0 Å². The molecule has 0 saturated carbocycles. The summed E-state index contributed by atoms with van der Waals surface area (Å²) in [6.45, 7) is 4.66. The van der Waals surface area contributed by atoms with Gasteiger partial charge in [-0.15, -0.1) is 33.7 Å². The van der Waals surface area contributed by atoms with Crippen LogP contribution in [-0.4, -0.2) is 5.49 Å². The summed E-state index contributed by atoms with van der Waals surface area (Å²) >= 11 is 1.45. The van der Waals surface area contributed by atoms with E-state index >= 15 is 0 Å². The molecule has 0 heterocycles. The molecule has 3 aromatic carbocycles. The SMILES string of the molecule is C1=CC(c2cccc3c2[cH-]c2ccccc23)C=C1.C[Si](C)=[Hf+2].[Cl-].[Cl-]. The van der Waals surface area contributed by atoms with Gasteiger partial charge in [-0.05, 0) is 5.92 Å². The first kappa shape index (κ1) is 21.5. The summed E-state index contributed by atoms with van der Waals surface area (Å²) in [4.78, 5) is 0. The van der Waals surface area contributed by atoms with E-state index in [1.54, 1.807) is 0 Å². The van der Waals surface area contributed by atoms with E-state index in [1.165, 1.54) is 50.1 Å². The second-order valence-electron chi connectivity index (χ2n) is 5.84. The Hall–Kier alpha value is -0.543. The van der Waals surface area contributed by atoms with Gasteiger partial charge in [-0.1, -0.05) is 66.3 Å². The average Bonchev–Trinajstić information content (AvgIpc) is 3.14. The molecule has 0 atom stereocenters. The third-order valence-electron chi connectivity index (χ3n) is 3.80. The van der Waals surface area contributed by atoms with Crippen molar-refractivity contribution in [1.82, 2.24) is 0 Å². The Labute approximate surface area is 171 Å². The van der Waals surface area contributed by atoms with E-state index < -0.39 is 0 Å². The Morgan fingerprint density at radius 3 is 2.12 bits per heavy atom. The monoisotopic (exact) mass is 537 g/mol. The zero-order valence-electron chi connectivity index (χ0n) is 13.8. The van der Waals surface area contributed by atoms with Crippen molar-refractivity contribution in [3.05, 3.63) is 78.4 Å². The molecular formula is C20H19Cl2HfSi-. The molecule has 0 aromatic heterocycles. The quantitative estimate of drug-likeness (QED) is 0.296. The number of hydrogen-bond donors (Lipinski definition) is 0. The van der Waals surface area contributed by atoms with Gasteiger partial charge in [-0.25, -0.2) is 0 Å². The van der Waals surface area contributed by atoms with Gasteiger partial charge in [0.05, 0.1) is 0 Å². The summed E-state index contributed by atoms with van der Waals surface area (Å²) in [5.74, 6) is 0.436. The Balaban J connectivity index is 0.000000438. The Kier molecular flexibility index (Phi) is 8.79. The van der Waals surface area contributed by atoms with Gasteiger partial charge in [-0.2, -0.15) is 0 Å². The van der Waals surface area contributed by atoms with E-state index in [2.05, 4.69) is 85.9 Å². The fourth-order valence-electron chi connectivity index (χ4n) is 2.93. The van der Waals surface area contributed by atoms with Crippen LogP contribution in [0.1, 0.15) is 11.5 Å². The van der Waals surface area contributed by atoms with Crippen molar-refractivity contribution in [2.45, 2.75) is 19.0 Å². The molecule has 24 heavy (non-hydrogen) atoms. The van der Waals surface area contributed by atoms with Gasteiger partial charge >= 0.3 is 41.6 Å². The second kappa shape index (κ2) is 9.81. The van der Waals surface area contributed by atoms with Gasteiger partial charge < -0.3 is 24.8 Å². The van der Waals surface area contributed by atoms with E-state index in [4.69, 9.17) is 0 Å². The predicted molar refractivity (Wildman–Crippen MR) is 95.6 cm³/mol. The molecule has 0 N–H and O–H groups in total. The van der Waals surface area contributed by atoms with E-state index in [0.29, 0.717) is 5.92 Å². The van der Waals surface area contributed by atoms with Gasteiger partial charge in [0, 0.05) is 0 Å². The first-order chi connectivity index (χ1) is 10.7. The number of hydrogen-bond acceptors (Lipinski definition) is 0. The molecule has 0 radical (unpaired) electrons. The summed E-state index contributed by atoms with van der Waals surface area (Å²) in [5.41, 5.74) is 1.67. The molecule has 1 aliphatic carbocycles. The molecule has 122 valence electrons. The Morgan fingerprint density at radius 2 is 1.46 bits per heavy atom. The average molecular weight is 537 g/mol. The van der Waals surface area contributed by atoms with E-state index in [0.717, 1.165) is 0 Å². The van der Waals surface area contributed by atoms with Crippen molar-refractivity contribution < 1.29 is 47.8 Å². The predicted octanol–water partition coefficient (Wildman–Crippen LogP) is -0.286. The third kappa shape index (κ3) is 4.75. The van der Waals surface area contributed by atoms with Crippen LogP contribution in [0.25, 0.3) is 21.5 Å². The molecule has 0 amide bonds. The minimum absolute atomic E-state index is 0. The Morgan fingerprint density at radius 1 is 0.875 bits per heavy atom. The number of fused-ring (bicyclic) bond motifs is 3. The topological polar surface area (TPSA) is 0 Å². The van der Waals surface area contributed by atoms with Crippen LogP contribution in [0.2, 0.25) is 13.1 Å². The third-order valence-corrected chi connectivity index (χ3v) is 3.80. The van der Waals surface area contributed by atoms with Crippen LogP contribution >= 0.6 is 0 Å². The molecule has 1 aliphatic rings. The van der Waals surface area contributed by atoms with Gasteiger partial charge in [0.15, 0.2) is 0 Å². The second-order valence-corrected chi connectivity index (χ2v) is 18.6. The van der Waals surface area contributed by atoms with Crippen LogP contribution in [0.15, 0.2) is 72.8 Å². The number of benzene rings is 2. The molecular weight excluding hydrogens is 518 g/mol. The standard InChI is InChI=1S/C18H13.C2H6Si.2ClH.Hf/c1-2-7-13(6-1)15-10-5-11-17-16-9-4-3-8-14(16)12-18(15)17;1-3-2;;;/h1-13H;1-2H3;2*1H;/q-1;;;;+2/p-2. The fourth-order valence-corrected chi connectivity index (χ4v) is 2.93. The molecule has 0 saturated heterocycles. The smallest absolute Gasteiger partial charge is 1.00 e. The van der Waals surface area contributed by atoms with Crippen LogP contribution in [0.3, 0.4) is 0 Å². The minimum Gasteiger partial charge on any atom is -1.00 e. The summed E-state index contributed by atoms with van der Waals surface area (Å²) < 4.78 is 0. The Bertz CT molecular complexity index is 877. The summed E-state index contributed by atoms with van der Waals surface area (Å²) in [6.07, 6.45) is 8.77. The number of allylic oxidation sites excluding steroid dienone is 4. The summed E-state index contributed by atoms with van der Waals surface area (Å²) in [7, 11) is 0. The minimum atomic E-state index is 0. The van der Waals surface area contributed by atoms with E-state index in [-0.39, 0.29) is 30.3 Å². The summed E-state index contributed by atoms with van der Waals surface area (Å²) in [6, 6.07) is 17.6. The van der Waals surface area contributed by atoms with Gasteiger partial charge in [0.25, 0.3) is 0 Å². The molecule has 4 heteroatoms. The molecule has 0 aliphatic heterocycles. The number of halogens is 2. The maximum Gasteiger partial charge on any atom is -1.00 e. The molecule has 0 unspecified atom stereocenters. The van der Waals surface area contributed by atoms with Crippen molar-refractivity contribution in [3.8, 4) is 0 Å². The van der Waals surface area contributed by atoms with Gasteiger partial charge in [0.2, 0.25) is 0 Å². The maximum absolute atomic E-state index is 2.33. The normalized spacial score (nSPS) is 12.5. The van der Waals surface area contributed by atoms with Crippen LogP contribution in [0, 0.1) is 0 Å². The van der Waals surface area contributed by atoms with Crippen molar-refractivity contribution in [2.75, 3.05) is 0 Å². The van der Waals surface area contributed by atoms with Gasteiger partial charge in [-0.3, -0.25) is 0 Å². The first-order valence-corrected chi connectivity index (χ1v) is 15.5.